The molecule has 1 aliphatic rings. The van der Waals surface area contributed by atoms with Gasteiger partial charge in [0, 0.05) is 24.8 Å². The van der Waals surface area contributed by atoms with Crippen LogP contribution in [-0.4, -0.2) is 39.4 Å². The molecule has 0 saturated carbocycles. The van der Waals surface area contributed by atoms with Crippen molar-refractivity contribution in [3.8, 4) is 5.75 Å². The summed E-state index contributed by atoms with van der Waals surface area (Å²) in [7, 11) is -3.59. The number of sulfonamides is 1. The molecule has 6 nitrogen and oxygen atoms in total. The average molecular weight is 357 g/mol. The summed E-state index contributed by atoms with van der Waals surface area (Å²) in [4.78, 5) is 0.144. The maximum absolute atomic E-state index is 12.3. The van der Waals surface area contributed by atoms with E-state index in [0.717, 1.165) is 26.1 Å². The summed E-state index contributed by atoms with van der Waals surface area (Å²) in [6, 6.07) is 4.47. The van der Waals surface area contributed by atoms with Crippen molar-refractivity contribution in [2.24, 2.45) is 5.92 Å². The van der Waals surface area contributed by atoms with E-state index in [9.17, 15) is 13.5 Å². The molecule has 0 amide bonds. The molecule has 1 aliphatic heterocycles. The third kappa shape index (κ3) is 5.17. The fourth-order valence-corrected chi connectivity index (χ4v) is 3.90. The lowest BCUT2D eigenvalue weighted by molar-refractivity contribution is 0.0494. The number of hydrogen-bond acceptors (Lipinski definition) is 5. The number of ether oxygens (including phenoxy) is 2. The molecule has 0 bridgehead atoms. The minimum absolute atomic E-state index is 0.142. The second-order valence-corrected chi connectivity index (χ2v) is 7.94. The molecule has 136 valence electrons. The highest BCUT2D eigenvalue weighted by atomic mass is 32.2. The Bertz CT molecular complexity index is 626. The first kappa shape index (κ1) is 19.2. The van der Waals surface area contributed by atoms with Crippen LogP contribution in [0.3, 0.4) is 0 Å². The molecule has 2 rings (SSSR count). The molecule has 24 heavy (non-hydrogen) atoms. The number of hydrogen-bond donors (Lipinski definition) is 2. The molecule has 1 aromatic rings. The van der Waals surface area contributed by atoms with E-state index in [1.807, 2.05) is 13.8 Å². The normalized spacial score (nSPS) is 17.6. The van der Waals surface area contributed by atoms with Crippen molar-refractivity contribution in [2.75, 3.05) is 19.8 Å². The van der Waals surface area contributed by atoms with Crippen LogP contribution in [0.25, 0.3) is 0 Å². The van der Waals surface area contributed by atoms with Gasteiger partial charge in [-0.1, -0.05) is 6.92 Å². The van der Waals surface area contributed by atoms with E-state index in [2.05, 4.69) is 4.72 Å². The lowest BCUT2D eigenvalue weighted by Crippen LogP contribution is -2.32. The molecule has 0 spiro atoms. The Morgan fingerprint density at radius 1 is 1.38 bits per heavy atom. The smallest absolute Gasteiger partial charge is 0.240 e. The predicted octanol–water partition coefficient (Wildman–Crippen LogP) is 2.06. The van der Waals surface area contributed by atoms with Gasteiger partial charge in [0.2, 0.25) is 10.0 Å². The van der Waals surface area contributed by atoms with Gasteiger partial charge in [0.1, 0.15) is 5.75 Å². The molecule has 2 N–H and O–H groups in total. The molecule has 1 saturated heterocycles. The van der Waals surface area contributed by atoms with E-state index < -0.39 is 10.0 Å². The van der Waals surface area contributed by atoms with Crippen LogP contribution in [0.4, 0.5) is 0 Å². The van der Waals surface area contributed by atoms with E-state index in [4.69, 9.17) is 9.47 Å². The van der Waals surface area contributed by atoms with Crippen LogP contribution in [0, 0.1) is 5.92 Å². The molecule has 1 aromatic carbocycles. The summed E-state index contributed by atoms with van der Waals surface area (Å²) in [6.45, 7) is 5.51. The fourth-order valence-electron chi connectivity index (χ4n) is 2.52. The van der Waals surface area contributed by atoms with Crippen molar-refractivity contribution in [3.05, 3.63) is 23.8 Å². The first-order valence-corrected chi connectivity index (χ1v) is 9.91. The van der Waals surface area contributed by atoms with Gasteiger partial charge in [0.05, 0.1) is 18.1 Å². The highest BCUT2D eigenvalue weighted by Gasteiger charge is 2.19. The van der Waals surface area contributed by atoms with Crippen LogP contribution in [-0.2, 0) is 21.4 Å². The number of aliphatic hydroxyl groups excluding tert-OH is 1. The summed E-state index contributed by atoms with van der Waals surface area (Å²) in [6.07, 6.45) is 2.62. The largest absolute Gasteiger partial charge is 0.493 e. The molecule has 1 atom stereocenters. The molecule has 0 aliphatic carbocycles. The highest BCUT2D eigenvalue weighted by molar-refractivity contribution is 7.89. The Morgan fingerprint density at radius 3 is 2.71 bits per heavy atom. The van der Waals surface area contributed by atoms with Crippen LogP contribution in [0.15, 0.2) is 23.1 Å². The fraction of sp³-hybridized carbons (Fsp3) is 0.647. The third-order valence-corrected chi connectivity index (χ3v) is 5.88. The van der Waals surface area contributed by atoms with Crippen molar-refractivity contribution in [3.63, 3.8) is 0 Å². The quantitative estimate of drug-likeness (QED) is 0.744. The standard InChI is InChI=1S/C17H27NO5S/c1-3-13(2)18-24(20,21)16-4-5-17(15(10-16)11-19)23-12-14-6-8-22-9-7-14/h4-5,10,13-14,18-19H,3,6-9,11-12H2,1-2H3. The Morgan fingerprint density at radius 2 is 2.08 bits per heavy atom. The monoisotopic (exact) mass is 357 g/mol. The number of aliphatic hydroxyl groups is 1. The summed E-state index contributed by atoms with van der Waals surface area (Å²) in [5, 5.41) is 9.56. The van der Waals surface area contributed by atoms with Gasteiger partial charge in [0.25, 0.3) is 0 Å². The summed E-state index contributed by atoms with van der Waals surface area (Å²) in [5.74, 6) is 0.965. The second kappa shape index (κ2) is 8.80. The lowest BCUT2D eigenvalue weighted by atomic mass is 10.0. The van der Waals surface area contributed by atoms with Gasteiger partial charge in [-0.25, -0.2) is 13.1 Å². The number of benzene rings is 1. The molecular weight excluding hydrogens is 330 g/mol. The van der Waals surface area contributed by atoms with Crippen molar-refractivity contribution in [1.29, 1.82) is 0 Å². The molecule has 1 heterocycles. The number of nitrogens with one attached hydrogen (secondary N) is 1. The Kier molecular flexibility index (Phi) is 7.03. The Balaban J connectivity index is 2.09. The van der Waals surface area contributed by atoms with E-state index in [0.29, 0.717) is 30.3 Å². The molecule has 7 heteroatoms. The van der Waals surface area contributed by atoms with Crippen LogP contribution < -0.4 is 9.46 Å². The van der Waals surface area contributed by atoms with Crippen LogP contribution >= 0.6 is 0 Å². The Labute approximate surface area is 144 Å². The van der Waals surface area contributed by atoms with Crippen LogP contribution in [0.2, 0.25) is 0 Å². The van der Waals surface area contributed by atoms with Gasteiger partial charge in [-0.15, -0.1) is 0 Å². The first-order valence-electron chi connectivity index (χ1n) is 8.43. The molecule has 1 fully saturated rings. The maximum atomic E-state index is 12.3. The van der Waals surface area contributed by atoms with Gasteiger partial charge >= 0.3 is 0 Å². The van der Waals surface area contributed by atoms with Gasteiger partial charge < -0.3 is 14.6 Å². The predicted molar refractivity (Wildman–Crippen MR) is 91.5 cm³/mol. The first-order chi connectivity index (χ1) is 11.5. The second-order valence-electron chi connectivity index (χ2n) is 6.22. The van der Waals surface area contributed by atoms with Gasteiger partial charge in [-0.3, -0.25) is 0 Å². The Hall–Kier alpha value is -1.15. The van der Waals surface area contributed by atoms with Gasteiger partial charge in [-0.05, 0) is 50.3 Å². The van der Waals surface area contributed by atoms with Crippen LogP contribution in [0.5, 0.6) is 5.75 Å². The van der Waals surface area contributed by atoms with E-state index in [1.54, 1.807) is 6.07 Å². The number of rotatable bonds is 8. The molecule has 1 unspecified atom stereocenters. The van der Waals surface area contributed by atoms with Gasteiger partial charge in [-0.2, -0.15) is 0 Å². The summed E-state index contributed by atoms with van der Waals surface area (Å²) in [5.41, 5.74) is 0.481. The summed E-state index contributed by atoms with van der Waals surface area (Å²) >= 11 is 0. The third-order valence-electron chi connectivity index (χ3n) is 4.30. The van der Waals surface area contributed by atoms with Crippen molar-refractivity contribution >= 4 is 10.0 Å². The van der Waals surface area contributed by atoms with E-state index in [1.165, 1.54) is 12.1 Å². The van der Waals surface area contributed by atoms with Crippen molar-refractivity contribution in [2.45, 2.75) is 50.7 Å². The lowest BCUT2D eigenvalue weighted by Gasteiger charge is -2.23. The highest BCUT2D eigenvalue weighted by Crippen LogP contribution is 2.25. The van der Waals surface area contributed by atoms with E-state index >= 15 is 0 Å². The van der Waals surface area contributed by atoms with E-state index in [-0.39, 0.29) is 17.5 Å². The van der Waals surface area contributed by atoms with Gasteiger partial charge in [0.15, 0.2) is 0 Å². The van der Waals surface area contributed by atoms with Crippen molar-refractivity contribution < 1.29 is 23.0 Å². The van der Waals surface area contributed by atoms with Crippen LogP contribution in [0.1, 0.15) is 38.7 Å². The molecule has 0 aromatic heterocycles. The zero-order valence-electron chi connectivity index (χ0n) is 14.3. The minimum Gasteiger partial charge on any atom is -0.493 e. The van der Waals surface area contributed by atoms with Crippen molar-refractivity contribution in [1.82, 2.24) is 4.72 Å². The maximum Gasteiger partial charge on any atom is 0.240 e. The SMILES string of the molecule is CCC(C)NS(=O)(=O)c1ccc(OCC2CCOCC2)c(CO)c1. The zero-order chi connectivity index (χ0) is 17.6. The molecular formula is C17H27NO5S. The minimum atomic E-state index is -3.59. The average Bonchev–Trinajstić information content (AvgIpc) is 2.60. The molecule has 0 radical (unpaired) electrons. The topological polar surface area (TPSA) is 84.9 Å². The zero-order valence-corrected chi connectivity index (χ0v) is 15.1. The summed E-state index contributed by atoms with van der Waals surface area (Å²) < 4.78 is 38.4.